The highest BCUT2D eigenvalue weighted by molar-refractivity contribution is 5.89. The van der Waals surface area contributed by atoms with E-state index < -0.39 is 41.8 Å². The molecule has 25 heavy (non-hydrogen) atoms. The molecule has 1 saturated heterocycles. The highest BCUT2D eigenvalue weighted by atomic mass is 16.6. The lowest BCUT2D eigenvalue weighted by Gasteiger charge is -2.16. The molecular formula is C16H16N2O7. The SMILES string of the molecule is O=C(OC[C@@H]1O[C@H](n2ccc(=O)[nH]c2=O)[C@@H](O)[C@@H]1O)c1ccccc1. The van der Waals surface area contributed by atoms with Crippen molar-refractivity contribution in [3.05, 3.63) is 69.0 Å². The molecule has 0 amide bonds. The van der Waals surface area contributed by atoms with Crippen molar-refractivity contribution in [1.82, 2.24) is 9.55 Å². The maximum atomic E-state index is 11.9. The number of rotatable bonds is 4. The molecule has 1 aliphatic rings. The van der Waals surface area contributed by atoms with E-state index in [2.05, 4.69) is 0 Å². The van der Waals surface area contributed by atoms with E-state index in [1.807, 2.05) is 4.98 Å². The van der Waals surface area contributed by atoms with Crippen LogP contribution < -0.4 is 11.2 Å². The van der Waals surface area contributed by atoms with Gasteiger partial charge in [-0.25, -0.2) is 9.59 Å². The number of aliphatic hydroxyl groups excluding tert-OH is 2. The summed E-state index contributed by atoms with van der Waals surface area (Å²) >= 11 is 0. The van der Waals surface area contributed by atoms with E-state index >= 15 is 0 Å². The Morgan fingerprint density at radius 3 is 2.56 bits per heavy atom. The topological polar surface area (TPSA) is 131 Å². The number of ether oxygens (including phenoxy) is 2. The van der Waals surface area contributed by atoms with Gasteiger partial charge < -0.3 is 19.7 Å². The van der Waals surface area contributed by atoms with E-state index in [9.17, 15) is 24.6 Å². The fourth-order valence-electron chi connectivity index (χ4n) is 2.54. The van der Waals surface area contributed by atoms with E-state index in [4.69, 9.17) is 9.47 Å². The van der Waals surface area contributed by atoms with Crippen LogP contribution in [0.3, 0.4) is 0 Å². The van der Waals surface area contributed by atoms with Gasteiger partial charge in [0, 0.05) is 12.3 Å². The summed E-state index contributed by atoms with van der Waals surface area (Å²) in [5, 5.41) is 20.2. The van der Waals surface area contributed by atoms with Crippen LogP contribution in [0.4, 0.5) is 0 Å². The van der Waals surface area contributed by atoms with Gasteiger partial charge in [-0.15, -0.1) is 0 Å². The predicted molar refractivity (Wildman–Crippen MR) is 84.0 cm³/mol. The Balaban J connectivity index is 1.69. The van der Waals surface area contributed by atoms with Gasteiger partial charge in [0.05, 0.1) is 5.56 Å². The van der Waals surface area contributed by atoms with Crippen molar-refractivity contribution in [2.45, 2.75) is 24.5 Å². The van der Waals surface area contributed by atoms with Gasteiger partial charge in [0.1, 0.15) is 24.9 Å². The Bertz CT molecular complexity index is 861. The first-order chi connectivity index (χ1) is 12.0. The Morgan fingerprint density at radius 1 is 1.16 bits per heavy atom. The van der Waals surface area contributed by atoms with Crippen LogP contribution in [-0.2, 0) is 9.47 Å². The Hall–Kier alpha value is -2.75. The zero-order valence-electron chi connectivity index (χ0n) is 12.9. The monoisotopic (exact) mass is 348 g/mol. The molecular weight excluding hydrogens is 332 g/mol. The normalized spacial score (nSPS) is 25.7. The number of benzene rings is 1. The van der Waals surface area contributed by atoms with Crippen LogP contribution in [0.1, 0.15) is 16.6 Å². The number of esters is 1. The molecule has 0 spiro atoms. The summed E-state index contributed by atoms with van der Waals surface area (Å²) in [6.07, 6.45) is -3.87. The van der Waals surface area contributed by atoms with Gasteiger partial charge in [0.15, 0.2) is 6.23 Å². The molecule has 0 unspecified atom stereocenters. The number of nitrogens with one attached hydrogen (secondary N) is 1. The molecule has 1 aromatic carbocycles. The fraction of sp³-hybridized carbons (Fsp3) is 0.312. The third kappa shape index (κ3) is 3.53. The van der Waals surface area contributed by atoms with E-state index in [1.165, 1.54) is 0 Å². The van der Waals surface area contributed by atoms with Crippen LogP contribution in [0.2, 0.25) is 0 Å². The van der Waals surface area contributed by atoms with Crippen molar-refractivity contribution in [3.63, 3.8) is 0 Å². The quantitative estimate of drug-likeness (QED) is 0.605. The van der Waals surface area contributed by atoms with Crippen LogP contribution in [0.15, 0.2) is 52.2 Å². The fourth-order valence-corrected chi connectivity index (χ4v) is 2.54. The molecule has 0 saturated carbocycles. The number of H-pyrrole nitrogens is 1. The van der Waals surface area contributed by atoms with Crippen LogP contribution in [0.25, 0.3) is 0 Å². The average Bonchev–Trinajstić information content (AvgIpc) is 2.89. The largest absolute Gasteiger partial charge is 0.459 e. The average molecular weight is 348 g/mol. The van der Waals surface area contributed by atoms with E-state index in [1.54, 1.807) is 30.3 Å². The number of carbonyl (C=O) groups is 1. The van der Waals surface area contributed by atoms with Crippen molar-refractivity contribution in [2.75, 3.05) is 6.61 Å². The Labute approximate surface area is 141 Å². The summed E-state index contributed by atoms with van der Waals surface area (Å²) in [5.74, 6) is -0.601. The van der Waals surface area contributed by atoms with Gasteiger partial charge in [0.25, 0.3) is 5.56 Å². The molecule has 9 nitrogen and oxygen atoms in total. The maximum absolute atomic E-state index is 11.9. The van der Waals surface area contributed by atoms with Crippen molar-refractivity contribution in [3.8, 4) is 0 Å². The highest BCUT2D eigenvalue weighted by Crippen LogP contribution is 2.28. The molecule has 132 valence electrons. The van der Waals surface area contributed by atoms with Crippen LogP contribution in [-0.4, -0.2) is 50.7 Å². The molecule has 4 atom stereocenters. The third-order valence-electron chi connectivity index (χ3n) is 3.85. The maximum Gasteiger partial charge on any atom is 0.338 e. The molecule has 9 heteroatoms. The number of nitrogens with zero attached hydrogens (tertiary/aromatic N) is 1. The first-order valence-corrected chi connectivity index (χ1v) is 7.52. The summed E-state index contributed by atoms with van der Waals surface area (Å²) < 4.78 is 11.5. The molecule has 1 aromatic heterocycles. The number of hydrogen-bond acceptors (Lipinski definition) is 7. The third-order valence-corrected chi connectivity index (χ3v) is 3.85. The van der Waals surface area contributed by atoms with Gasteiger partial charge in [-0.3, -0.25) is 14.3 Å². The molecule has 3 N–H and O–H groups in total. The number of aliphatic hydroxyl groups is 2. The zero-order valence-corrected chi connectivity index (χ0v) is 12.9. The second-order valence-corrected chi connectivity index (χ2v) is 5.53. The lowest BCUT2D eigenvalue weighted by molar-refractivity contribution is -0.0599. The molecule has 0 aliphatic carbocycles. The minimum absolute atomic E-state index is 0.305. The van der Waals surface area contributed by atoms with E-state index in [0.717, 1.165) is 16.8 Å². The van der Waals surface area contributed by atoms with Crippen molar-refractivity contribution < 1.29 is 24.5 Å². The summed E-state index contributed by atoms with van der Waals surface area (Å²) in [5.41, 5.74) is -1.04. The van der Waals surface area contributed by atoms with Crippen LogP contribution >= 0.6 is 0 Å². The zero-order chi connectivity index (χ0) is 18.0. The second-order valence-electron chi connectivity index (χ2n) is 5.53. The number of carbonyl (C=O) groups excluding carboxylic acids is 1. The number of aromatic nitrogens is 2. The van der Waals surface area contributed by atoms with Gasteiger partial charge in [0.2, 0.25) is 0 Å². The summed E-state index contributed by atoms with van der Waals surface area (Å²) in [4.78, 5) is 36.8. The summed E-state index contributed by atoms with van der Waals surface area (Å²) in [6.45, 7) is -0.305. The lowest BCUT2D eigenvalue weighted by Crippen LogP contribution is -2.37. The molecule has 2 aromatic rings. The first kappa shape index (κ1) is 17.1. The summed E-state index contributed by atoms with van der Waals surface area (Å²) in [7, 11) is 0. The van der Waals surface area contributed by atoms with E-state index in [0.29, 0.717) is 5.56 Å². The minimum atomic E-state index is -1.43. The number of hydrogen-bond donors (Lipinski definition) is 3. The standard InChI is InChI=1S/C16H16N2O7/c19-11-6-7-18(16(23)17-11)14-13(21)12(20)10(25-14)8-24-15(22)9-4-2-1-3-5-9/h1-7,10,12-14,20-21H,8H2,(H,17,19,23)/t10-,12+,13-,14-/m0/s1. The van der Waals surface area contributed by atoms with Gasteiger partial charge in [-0.1, -0.05) is 18.2 Å². The van der Waals surface area contributed by atoms with Crippen molar-refractivity contribution in [1.29, 1.82) is 0 Å². The molecule has 3 rings (SSSR count). The molecule has 0 bridgehead atoms. The van der Waals surface area contributed by atoms with Crippen molar-refractivity contribution in [2.24, 2.45) is 0 Å². The second kappa shape index (κ2) is 7.01. The Morgan fingerprint density at radius 2 is 1.88 bits per heavy atom. The lowest BCUT2D eigenvalue weighted by atomic mass is 10.1. The Kier molecular flexibility index (Phi) is 4.79. The van der Waals surface area contributed by atoms with Crippen molar-refractivity contribution >= 4 is 5.97 Å². The van der Waals surface area contributed by atoms with Crippen LogP contribution in [0.5, 0.6) is 0 Å². The van der Waals surface area contributed by atoms with Gasteiger partial charge >= 0.3 is 11.7 Å². The molecule has 1 fully saturated rings. The minimum Gasteiger partial charge on any atom is -0.459 e. The molecule has 1 aliphatic heterocycles. The predicted octanol–water partition coefficient (Wildman–Crippen LogP) is -0.987. The van der Waals surface area contributed by atoms with Crippen LogP contribution in [0, 0.1) is 0 Å². The van der Waals surface area contributed by atoms with E-state index in [-0.39, 0.29) is 6.61 Å². The highest BCUT2D eigenvalue weighted by Gasteiger charge is 2.44. The smallest absolute Gasteiger partial charge is 0.338 e. The first-order valence-electron chi connectivity index (χ1n) is 7.52. The molecule has 0 radical (unpaired) electrons. The van der Waals surface area contributed by atoms with Gasteiger partial charge in [-0.05, 0) is 12.1 Å². The van der Waals surface area contributed by atoms with Gasteiger partial charge in [-0.2, -0.15) is 0 Å². The molecule has 2 heterocycles. The summed E-state index contributed by atoms with van der Waals surface area (Å²) in [6, 6.07) is 9.35. The number of aromatic amines is 1.